The number of benzene rings is 1. The van der Waals surface area contributed by atoms with Crippen molar-refractivity contribution in [2.75, 3.05) is 0 Å². The molecule has 5 heteroatoms. The van der Waals surface area contributed by atoms with E-state index in [1.54, 1.807) is 0 Å². The fourth-order valence-corrected chi connectivity index (χ4v) is 9.02. The Morgan fingerprint density at radius 3 is 1.07 bits per heavy atom. The molecular weight excluding hydrogens is 550 g/mol. The zero-order valence-corrected chi connectivity index (χ0v) is 23.5. The van der Waals surface area contributed by atoms with Gasteiger partial charge in [-0.15, -0.1) is 12.1 Å². The van der Waals surface area contributed by atoms with Crippen molar-refractivity contribution in [2.24, 2.45) is 0 Å². The van der Waals surface area contributed by atoms with Crippen molar-refractivity contribution in [1.82, 2.24) is 0 Å². The van der Waals surface area contributed by atoms with Crippen molar-refractivity contribution in [2.45, 2.75) is 104 Å². The second-order valence-corrected chi connectivity index (χ2v) is 17.7. The molecule has 1 rings (SSSR count). The van der Waals surface area contributed by atoms with E-state index in [0.717, 1.165) is 11.5 Å². The van der Waals surface area contributed by atoms with Crippen LogP contribution in [0.3, 0.4) is 0 Å². The van der Waals surface area contributed by atoms with Gasteiger partial charge in [0.2, 0.25) is 0 Å². The van der Waals surface area contributed by atoms with E-state index in [0.29, 0.717) is 0 Å². The van der Waals surface area contributed by atoms with Gasteiger partial charge in [-0.25, -0.2) is 0 Å². The van der Waals surface area contributed by atoms with Gasteiger partial charge in [-0.1, -0.05) is 89.2 Å². The molecule has 0 spiro atoms. The molecule has 0 unspecified atom stereocenters. The molecule has 27 heavy (non-hydrogen) atoms. The first-order valence-electron chi connectivity index (χ1n) is 9.41. The maximum absolute atomic E-state index is 6.47. The molecule has 159 valence electrons. The summed E-state index contributed by atoms with van der Waals surface area (Å²) in [7, 11) is -1.36. The predicted molar refractivity (Wildman–Crippen MR) is 119 cm³/mol. The summed E-state index contributed by atoms with van der Waals surface area (Å²) in [6, 6.07) is 9.39. The van der Waals surface area contributed by atoms with Crippen LogP contribution in [0.25, 0.3) is 0 Å². The van der Waals surface area contributed by atoms with Crippen LogP contribution in [0.2, 0.25) is 0 Å². The average molecular weight is 590 g/mol. The van der Waals surface area contributed by atoms with Gasteiger partial charge in [0.1, 0.15) is 0 Å². The first-order valence-corrected chi connectivity index (χ1v) is 11.9. The van der Waals surface area contributed by atoms with Crippen LogP contribution in [0.15, 0.2) is 18.2 Å². The third-order valence-corrected chi connectivity index (χ3v) is 9.19. The molecule has 0 atom stereocenters. The molecule has 2 nitrogen and oxygen atoms in total. The normalized spacial score (nSPS) is 13.6. The van der Waals surface area contributed by atoms with Gasteiger partial charge in [0.05, 0.1) is 16.3 Å². The maximum atomic E-state index is 6.47. The van der Waals surface area contributed by atoms with E-state index >= 15 is 0 Å². The van der Waals surface area contributed by atoms with E-state index in [-0.39, 0.29) is 40.7 Å². The van der Waals surface area contributed by atoms with Gasteiger partial charge < -0.3 is 9.05 Å². The van der Waals surface area contributed by atoms with Crippen molar-refractivity contribution < 1.29 is 29.2 Å². The molecule has 1 aromatic carbocycles. The van der Waals surface area contributed by atoms with Crippen LogP contribution in [-0.4, -0.2) is 20.6 Å². The van der Waals surface area contributed by atoms with Crippen molar-refractivity contribution >= 4 is 16.3 Å². The van der Waals surface area contributed by atoms with Crippen LogP contribution in [-0.2, 0) is 20.1 Å². The van der Waals surface area contributed by atoms with Crippen LogP contribution in [0.1, 0.15) is 83.1 Å². The Balaban J connectivity index is 0.00000676. The molecule has 0 bridgehead atoms. The van der Waals surface area contributed by atoms with E-state index < -0.39 is 16.3 Å². The predicted octanol–water partition coefficient (Wildman–Crippen LogP) is 8.23. The van der Waals surface area contributed by atoms with Gasteiger partial charge >= 0.3 is 0 Å². The summed E-state index contributed by atoms with van der Waals surface area (Å²) < 4.78 is 12.9. The van der Waals surface area contributed by atoms with Crippen LogP contribution in [0.5, 0.6) is 11.5 Å². The second-order valence-electron chi connectivity index (χ2n) is 10.8. The van der Waals surface area contributed by atoms with Gasteiger partial charge in [0.15, 0.2) is 0 Å². The summed E-state index contributed by atoms with van der Waals surface area (Å²) >= 11 is 0. The zero-order chi connectivity index (χ0) is 20.6. The van der Waals surface area contributed by atoms with Crippen LogP contribution in [0.4, 0.5) is 0 Å². The summed E-state index contributed by atoms with van der Waals surface area (Å²) in [6.45, 7) is 27.0. The fraction of sp³-hybridized carbons (Fsp3) is 0.727. The monoisotopic (exact) mass is 590 g/mol. The first kappa shape index (κ1) is 27.3. The summed E-state index contributed by atoms with van der Waals surface area (Å²) in [5.74, 6) is 1.58. The molecule has 1 radical (unpaired) electrons. The third-order valence-electron chi connectivity index (χ3n) is 3.56. The van der Waals surface area contributed by atoms with Gasteiger partial charge in [0.25, 0.3) is 0 Å². The Hall–Kier alpha value is 0.329. The Labute approximate surface area is 184 Å². The minimum atomic E-state index is -0.678. The SMILES string of the molecule is CC(C)(C)P(Oc1[c-]c(OP(C(C)(C)C)C(C)(C)C)ccc1)C(C)(C)C.[Ir]. The zero-order valence-electron chi connectivity index (χ0n) is 19.3. The fourth-order valence-electron chi connectivity index (χ4n) is 3.29. The molecule has 0 aliphatic rings. The number of hydrogen-bond donors (Lipinski definition) is 0. The molecule has 0 fully saturated rings. The molecular formula is C22H39IrO2P2-. The van der Waals surface area contributed by atoms with E-state index in [1.165, 1.54) is 0 Å². The quantitative estimate of drug-likeness (QED) is 0.260. The van der Waals surface area contributed by atoms with Gasteiger partial charge in [-0.3, -0.25) is 0 Å². The molecule has 0 saturated carbocycles. The first-order chi connectivity index (χ1) is 11.4. The van der Waals surface area contributed by atoms with E-state index in [2.05, 4.69) is 89.2 Å². The van der Waals surface area contributed by atoms with Crippen LogP contribution < -0.4 is 9.05 Å². The Bertz CT molecular complexity index is 513. The van der Waals surface area contributed by atoms with Gasteiger partial charge in [-0.05, 0) is 0 Å². The van der Waals surface area contributed by atoms with Crippen molar-refractivity contribution in [3.8, 4) is 11.5 Å². The van der Waals surface area contributed by atoms with Crippen molar-refractivity contribution in [3.05, 3.63) is 24.3 Å². The summed E-state index contributed by atoms with van der Waals surface area (Å²) in [4.78, 5) is 0. The average Bonchev–Trinajstić information content (AvgIpc) is 2.37. The summed E-state index contributed by atoms with van der Waals surface area (Å²) in [5.41, 5.74) is 0. The van der Waals surface area contributed by atoms with E-state index in [4.69, 9.17) is 9.05 Å². The molecule has 0 saturated heterocycles. The Kier molecular flexibility index (Phi) is 9.54. The summed E-state index contributed by atoms with van der Waals surface area (Å²) in [6.07, 6.45) is 0. The van der Waals surface area contributed by atoms with Crippen molar-refractivity contribution in [1.29, 1.82) is 0 Å². The van der Waals surface area contributed by atoms with Crippen LogP contribution in [0, 0.1) is 6.07 Å². The van der Waals surface area contributed by atoms with Crippen LogP contribution >= 0.6 is 16.3 Å². The molecule has 0 aliphatic heterocycles. The van der Waals surface area contributed by atoms with Gasteiger partial charge in [-0.2, -0.15) is 6.07 Å². The van der Waals surface area contributed by atoms with Gasteiger partial charge in [0, 0.05) is 52.2 Å². The van der Waals surface area contributed by atoms with E-state index in [9.17, 15) is 0 Å². The molecule has 0 aliphatic carbocycles. The molecule has 1 aromatic rings. The maximum Gasteiger partial charge on any atom is 0.0946 e. The largest absolute Gasteiger partial charge is 0.499 e. The third kappa shape index (κ3) is 8.70. The standard InChI is InChI=1S/C22H39O2P2.Ir/c1-19(2,3)25(20(4,5)6)23-17-14-13-15-18(16-17)24-26(21(7,8)9)22(10,11)12;/h13-15H,1-12H3;/q-1;. The minimum absolute atomic E-state index is 0. The van der Waals surface area contributed by atoms with E-state index in [1.807, 2.05) is 18.2 Å². The molecule has 0 N–H and O–H groups in total. The molecule has 0 heterocycles. The summed E-state index contributed by atoms with van der Waals surface area (Å²) in [5, 5.41) is 0.396. The Morgan fingerprint density at radius 1 is 0.593 bits per heavy atom. The minimum Gasteiger partial charge on any atom is -0.499 e. The van der Waals surface area contributed by atoms with Crippen molar-refractivity contribution in [3.63, 3.8) is 0 Å². The topological polar surface area (TPSA) is 18.5 Å². The molecule has 0 amide bonds. The number of hydrogen-bond acceptors (Lipinski definition) is 2. The Morgan fingerprint density at radius 2 is 0.852 bits per heavy atom. The smallest absolute Gasteiger partial charge is 0.0946 e. The molecule has 0 aromatic heterocycles. The number of rotatable bonds is 4. The second kappa shape index (κ2) is 9.43.